The van der Waals surface area contributed by atoms with E-state index in [-0.39, 0.29) is 5.91 Å². The van der Waals surface area contributed by atoms with Gasteiger partial charge in [-0.15, -0.1) is 0 Å². The number of benzene rings is 1. The van der Waals surface area contributed by atoms with E-state index in [2.05, 4.69) is 16.4 Å². The molecule has 5 heteroatoms. The van der Waals surface area contributed by atoms with Crippen molar-refractivity contribution in [2.45, 2.75) is 38.8 Å². The molecule has 0 saturated heterocycles. The van der Waals surface area contributed by atoms with Crippen LogP contribution < -0.4 is 10.1 Å². The van der Waals surface area contributed by atoms with Gasteiger partial charge in [0.2, 0.25) is 5.91 Å². The van der Waals surface area contributed by atoms with E-state index in [0.717, 1.165) is 43.7 Å². The Morgan fingerprint density at radius 1 is 1.41 bits per heavy atom. The molecule has 22 heavy (non-hydrogen) atoms. The summed E-state index contributed by atoms with van der Waals surface area (Å²) in [6, 6.07) is 6.17. The van der Waals surface area contributed by atoms with E-state index in [1.165, 1.54) is 5.56 Å². The van der Waals surface area contributed by atoms with Crippen LogP contribution in [0.1, 0.15) is 30.4 Å². The lowest BCUT2D eigenvalue weighted by atomic mass is 10.0. The van der Waals surface area contributed by atoms with Crippen LogP contribution in [0.3, 0.4) is 0 Å². The lowest BCUT2D eigenvalue weighted by Crippen LogP contribution is -2.23. The number of hydrogen-bond donors (Lipinski definition) is 1. The Bertz CT molecular complexity index is 623. The smallest absolute Gasteiger partial charge is 0.220 e. The van der Waals surface area contributed by atoms with Crippen LogP contribution in [0, 0.1) is 0 Å². The van der Waals surface area contributed by atoms with Gasteiger partial charge in [0.15, 0.2) is 0 Å². The fourth-order valence-electron chi connectivity index (χ4n) is 2.65. The van der Waals surface area contributed by atoms with E-state index in [9.17, 15) is 4.79 Å². The third kappa shape index (κ3) is 3.87. The summed E-state index contributed by atoms with van der Waals surface area (Å²) < 4.78 is 7.58. The number of ether oxygens (including phenoxy) is 1. The van der Waals surface area contributed by atoms with Crippen LogP contribution in [0.4, 0.5) is 0 Å². The van der Waals surface area contributed by atoms with E-state index in [1.807, 2.05) is 22.9 Å². The van der Waals surface area contributed by atoms with Crippen LogP contribution in [0.25, 0.3) is 0 Å². The summed E-state index contributed by atoms with van der Waals surface area (Å²) in [6.07, 6.45) is 8.91. The van der Waals surface area contributed by atoms with Gasteiger partial charge in [-0.25, -0.2) is 4.98 Å². The highest BCUT2D eigenvalue weighted by Gasteiger charge is 2.10. The quantitative estimate of drug-likeness (QED) is 0.890. The van der Waals surface area contributed by atoms with E-state index in [1.54, 1.807) is 12.5 Å². The fourth-order valence-corrected chi connectivity index (χ4v) is 2.65. The predicted molar refractivity (Wildman–Crippen MR) is 83.6 cm³/mol. The number of carbonyl (C=O) groups excluding carboxylic acids is 1. The molecule has 2 aromatic rings. The number of carbonyl (C=O) groups is 1. The van der Waals surface area contributed by atoms with Crippen molar-refractivity contribution in [3.05, 3.63) is 48.0 Å². The minimum absolute atomic E-state index is 0.0917. The minimum Gasteiger partial charge on any atom is -0.493 e. The molecule has 1 aromatic carbocycles. The van der Waals surface area contributed by atoms with Gasteiger partial charge in [0.25, 0.3) is 0 Å². The molecule has 0 bridgehead atoms. The van der Waals surface area contributed by atoms with E-state index in [4.69, 9.17) is 4.74 Å². The van der Waals surface area contributed by atoms with Gasteiger partial charge in [-0.05, 0) is 36.5 Å². The average molecular weight is 299 g/mol. The number of nitrogens with zero attached hydrogens (tertiary/aromatic N) is 2. The molecule has 0 saturated carbocycles. The highest BCUT2D eigenvalue weighted by molar-refractivity contribution is 5.75. The molecule has 0 radical (unpaired) electrons. The molecule has 1 amide bonds. The van der Waals surface area contributed by atoms with Crippen LogP contribution in [0.5, 0.6) is 5.75 Å². The maximum atomic E-state index is 11.9. The van der Waals surface area contributed by atoms with Crippen molar-refractivity contribution in [2.75, 3.05) is 6.61 Å². The molecule has 5 nitrogen and oxygen atoms in total. The molecule has 2 heterocycles. The lowest BCUT2D eigenvalue weighted by molar-refractivity contribution is -0.121. The third-order valence-electron chi connectivity index (χ3n) is 3.84. The molecular weight excluding hydrogens is 278 g/mol. The second-order valence-corrected chi connectivity index (χ2v) is 5.57. The first-order valence-electron chi connectivity index (χ1n) is 7.78. The molecule has 1 aliphatic heterocycles. The number of aryl methyl sites for hydroxylation is 2. The van der Waals surface area contributed by atoms with Crippen molar-refractivity contribution in [1.29, 1.82) is 0 Å². The molecule has 0 unspecified atom stereocenters. The molecule has 0 fully saturated rings. The van der Waals surface area contributed by atoms with Gasteiger partial charge in [-0.3, -0.25) is 4.79 Å². The van der Waals surface area contributed by atoms with Gasteiger partial charge in [0.1, 0.15) is 5.75 Å². The van der Waals surface area contributed by atoms with Crippen LogP contribution in [0.15, 0.2) is 36.9 Å². The number of hydrogen-bond acceptors (Lipinski definition) is 3. The van der Waals surface area contributed by atoms with E-state index in [0.29, 0.717) is 13.0 Å². The van der Waals surface area contributed by atoms with Gasteiger partial charge in [-0.1, -0.05) is 12.1 Å². The highest BCUT2D eigenvalue weighted by atomic mass is 16.5. The first kappa shape index (κ1) is 14.6. The standard InChI is InChI=1S/C17H21N3O2/c21-17(4-1-8-20-9-7-18-13-20)19-12-14-5-6-16-15(11-14)3-2-10-22-16/h5-7,9,11,13H,1-4,8,10,12H2,(H,19,21). The zero-order chi connectivity index (χ0) is 15.2. The summed E-state index contributed by atoms with van der Waals surface area (Å²) >= 11 is 0. The van der Waals surface area contributed by atoms with E-state index < -0.39 is 0 Å². The Balaban J connectivity index is 1.42. The van der Waals surface area contributed by atoms with Gasteiger partial charge < -0.3 is 14.6 Å². The summed E-state index contributed by atoms with van der Waals surface area (Å²) in [6.45, 7) is 2.21. The highest BCUT2D eigenvalue weighted by Crippen LogP contribution is 2.25. The van der Waals surface area contributed by atoms with E-state index >= 15 is 0 Å². The zero-order valence-corrected chi connectivity index (χ0v) is 12.6. The molecule has 0 spiro atoms. The predicted octanol–water partition coefficient (Wildman–Crippen LogP) is 2.30. The second kappa shape index (κ2) is 7.11. The summed E-state index contributed by atoms with van der Waals surface area (Å²) in [5.74, 6) is 1.08. The topological polar surface area (TPSA) is 56.2 Å². The SMILES string of the molecule is O=C(CCCn1ccnc1)NCc1ccc2c(c1)CCCO2. The van der Waals surface area contributed by atoms with Crippen molar-refractivity contribution in [2.24, 2.45) is 0 Å². The summed E-state index contributed by atoms with van der Waals surface area (Å²) in [5.41, 5.74) is 2.38. The molecule has 3 rings (SSSR count). The number of imidazole rings is 1. The minimum atomic E-state index is 0.0917. The van der Waals surface area contributed by atoms with Crippen LogP contribution in [-0.2, 0) is 24.3 Å². The van der Waals surface area contributed by atoms with Crippen LogP contribution in [-0.4, -0.2) is 22.1 Å². The van der Waals surface area contributed by atoms with Crippen molar-refractivity contribution < 1.29 is 9.53 Å². The molecular formula is C17H21N3O2. The van der Waals surface area contributed by atoms with Crippen LogP contribution >= 0.6 is 0 Å². The Kier molecular flexibility index (Phi) is 4.73. The van der Waals surface area contributed by atoms with Crippen molar-refractivity contribution in [3.63, 3.8) is 0 Å². The van der Waals surface area contributed by atoms with Gasteiger partial charge in [0.05, 0.1) is 12.9 Å². The molecule has 1 aromatic heterocycles. The number of nitrogens with one attached hydrogen (secondary N) is 1. The lowest BCUT2D eigenvalue weighted by Gasteiger charge is -2.18. The Morgan fingerprint density at radius 3 is 3.23 bits per heavy atom. The van der Waals surface area contributed by atoms with Crippen molar-refractivity contribution in [3.8, 4) is 5.75 Å². The summed E-state index contributed by atoms with van der Waals surface area (Å²) in [4.78, 5) is 15.9. The molecule has 0 aliphatic carbocycles. The summed E-state index contributed by atoms with van der Waals surface area (Å²) in [5, 5.41) is 2.98. The molecule has 0 atom stereocenters. The number of rotatable bonds is 6. The average Bonchev–Trinajstić information content (AvgIpc) is 3.06. The fraction of sp³-hybridized carbons (Fsp3) is 0.412. The monoisotopic (exact) mass is 299 g/mol. The van der Waals surface area contributed by atoms with Gasteiger partial charge in [0, 0.05) is 31.9 Å². The Hall–Kier alpha value is -2.30. The van der Waals surface area contributed by atoms with Crippen molar-refractivity contribution in [1.82, 2.24) is 14.9 Å². The van der Waals surface area contributed by atoms with Gasteiger partial charge >= 0.3 is 0 Å². The Morgan fingerprint density at radius 2 is 2.36 bits per heavy atom. The maximum absolute atomic E-state index is 11.9. The first-order valence-corrected chi connectivity index (χ1v) is 7.78. The molecule has 1 aliphatic rings. The summed E-state index contributed by atoms with van der Waals surface area (Å²) in [7, 11) is 0. The molecule has 1 N–H and O–H groups in total. The zero-order valence-electron chi connectivity index (χ0n) is 12.6. The first-order chi connectivity index (χ1) is 10.8. The van der Waals surface area contributed by atoms with Crippen molar-refractivity contribution >= 4 is 5.91 Å². The Labute approximate surface area is 130 Å². The third-order valence-corrected chi connectivity index (χ3v) is 3.84. The number of fused-ring (bicyclic) bond motifs is 1. The maximum Gasteiger partial charge on any atom is 0.220 e. The van der Waals surface area contributed by atoms with Gasteiger partial charge in [-0.2, -0.15) is 0 Å². The van der Waals surface area contributed by atoms with Crippen LogP contribution in [0.2, 0.25) is 0 Å². The molecule has 116 valence electrons. The number of amides is 1. The second-order valence-electron chi connectivity index (χ2n) is 5.57. The largest absolute Gasteiger partial charge is 0.493 e. The normalized spacial score (nSPS) is 13.3. The number of aromatic nitrogens is 2.